The highest BCUT2D eigenvalue weighted by atomic mass is 35.5. The molecule has 0 bridgehead atoms. The van der Waals surface area contributed by atoms with E-state index in [0.717, 1.165) is 5.69 Å². The highest BCUT2D eigenvalue weighted by Gasteiger charge is 2.21. The summed E-state index contributed by atoms with van der Waals surface area (Å²) in [5, 5.41) is 22.3. The van der Waals surface area contributed by atoms with Crippen LogP contribution < -0.4 is 10.2 Å². The molecule has 126 valence electrons. The van der Waals surface area contributed by atoms with E-state index >= 15 is 0 Å². The summed E-state index contributed by atoms with van der Waals surface area (Å²) in [7, 11) is 0. The van der Waals surface area contributed by atoms with E-state index in [4.69, 9.17) is 11.6 Å². The average Bonchev–Trinajstić information content (AvgIpc) is 2.54. The molecule has 1 fully saturated rings. The summed E-state index contributed by atoms with van der Waals surface area (Å²) in [5.74, 6) is -0.202. The van der Waals surface area contributed by atoms with Gasteiger partial charge in [0.2, 0.25) is 0 Å². The Morgan fingerprint density at radius 1 is 1.00 bits per heavy atom. The Hall–Kier alpha value is -2.60. The van der Waals surface area contributed by atoms with Crippen molar-refractivity contribution in [2.75, 3.05) is 36.4 Å². The van der Waals surface area contributed by atoms with Gasteiger partial charge in [-0.15, -0.1) is 0 Å². The summed E-state index contributed by atoms with van der Waals surface area (Å²) >= 11 is 6.02. The van der Waals surface area contributed by atoms with Crippen LogP contribution in [0, 0.1) is 0 Å². The van der Waals surface area contributed by atoms with Crippen molar-refractivity contribution in [2.24, 2.45) is 0 Å². The zero-order valence-corrected chi connectivity index (χ0v) is 13.7. The zero-order chi connectivity index (χ0) is 17.1. The average molecular weight is 348 g/mol. The lowest BCUT2D eigenvalue weighted by Gasteiger charge is -2.36. The summed E-state index contributed by atoms with van der Waals surface area (Å²) in [6.07, 6.45) is 0. The molecule has 0 atom stereocenters. The predicted molar refractivity (Wildman–Crippen MR) is 94.0 cm³/mol. The van der Waals surface area contributed by atoms with Gasteiger partial charge in [-0.2, -0.15) is 0 Å². The lowest BCUT2D eigenvalue weighted by molar-refractivity contribution is 0.208. The molecule has 1 saturated heterocycles. The molecule has 0 spiro atoms. The first-order chi connectivity index (χ1) is 11.5. The molecule has 2 aromatic carbocycles. The molecule has 3 rings (SSSR count). The van der Waals surface area contributed by atoms with Gasteiger partial charge in [0.1, 0.15) is 11.5 Å². The largest absolute Gasteiger partial charge is 0.508 e. The van der Waals surface area contributed by atoms with E-state index in [1.165, 1.54) is 18.2 Å². The Kier molecular flexibility index (Phi) is 4.66. The third-order valence-electron chi connectivity index (χ3n) is 3.89. The number of carbonyl (C=O) groups excluding carboxylic acids is 1. The molecule has 0 aromatic heterocycles. The first-order valence-electron chi connectivity index (χ1n) is 7.61. The second-order valence-electron chi connectivity index (χ2n) is 5.62. The zero-order valence-electron chi connectivity index (χ0n) is 12.9. The van der Waals surface area contributed by atoms with Gasteiger partial charge in [0.15, 0.2) is 0 Å². The summed E-state index contributed by atoms with van der Waals surface area (Å²) in [5.41, 5.74) is 1.40. The molecule has 2 amide bonds. The van der Waals surface area contributed by atoms with Gasteiger partial charge in [-0.25, -0.2) is 4.79 Å². The first kappa shape index (κ1) is 16.3. The van der Waals surface area contributed by atoms with E-state index in [1.807, 2.05) is 24.3 Å². The Morgan fingerprint density at radius 2 is 1.67 bits per heavy atom. The number of hydrogen-bond donors (Lipinski definition) is 3. The van der Waals surface area contributed by atoms with Crippen molar-refractivity contribution >= 4 is 29.0 Å². The van der Waals surface area contributed by atoms with Crippen LogP contribution in [0.25, 0.3) is 0 Å². The van der Waals surface area contributed by atoms with Crippen molar-refractivity contribution in [3.63, 3.8) is 0 Å². The monoisotopic (exact) mass is 347 g/mol. The van der Waals surface area contributed by atoms with Crippen LogP contribution in [0.3, 0.4) is 0 Å². The van der Waals surface area contributed by atoms with Gasteiger partial charge in [-0.3, -0.25) is 0 Å². The lowest BCUT2D eigenvalue weighted by atomic mass is 10.2. The Bertz CT molecular complexity index is 725. The molecule has 0 radical (unpaired) electrons. The number of amides is 2. The van der Waals surface area contributed by atoms with E-state index in [0.29, 0.717) is 36.9 Å². The van der Waals surface area contributed by atoms with E-state index in [-0.39, 0.29) is 17.5 Å². The minimum atomic E-state index is -0.259. The topological polar surface area (TPSA) is 76.0 Å². The summed E-state index contributed by atoms with van der Waals surface area (Å²) < 4.78 is 0. The maximum Gasteiger partial charge on any atom is 0.321 e. The number of phenols is 2. The quantitative estimate of drug-likeness (QED) is 0.780. The number of benzene rings is 2. The smallest absolute Gasteiger partial charge is 0.321 e. The van der Waals surface area contributed by atoms with Crippen LogP contribution in [-0.4, -0.2) is 47.3 Å². The number of urea groups is 1. The second-order valence-corrected chi connectivity index (χ2v) is 6.06. The number of anilines is 2. The highest BCUT2D eigenvalue weighted by molar-refractivity contribution is 6.30. The van der Waals surface area contributed by atoms with Crippen molar-refractivity contribution in [1.29, 1.82) is 0 Å². The normalized spacial score (nSPS) is 14.5. The van der Waals surface area contributed by atoms with Crippen LogP contribution in [0.4, 0.5) is 16.2 Å². The highest BCUT2D eigenvalue weighted by Crippen LogP contribution is 2.25. The lowest BCUT2D eigenvalue weighted by Crippen LogP contribution is -2.50. The third kappa shape index (κ3) is 3.83. The first-order valence-corrected chi connectivity index (χ1v) is 7.98. The fraction of sp³-hybridized carbons (Fsp3) is 0.235. The molecule has 1 aliphatic heterocycles. The van der Waals surface area contributed by atoms with Crippen LogP contribution in [0.2, 0.25) is 5.02 Å². The molecule has 7 heteroatoms. The van der Waals surface area contributed by atoms with Crippen molar-refractivity contribution in [1.82, 2.24) is 4.90 Å². The molecule has 24 heavy (non-hydrogen) atoms. The number of hydrogen-bond acceptors (Lipinski definition) is 4. The SMILES string of the molecule is O=C(Nc1cc(O)cc(O)c1)N1CCN(c2cccc(Cl)c2)CC1. The number of halogens is 1. The van der Waals surface area contributed by atoms with Gasteiger partial charge in [0.25, 0.3) is 0 Å². The second kappa shape index (κ2) is 6.88. The number of phenolic OH excluding ortho intramolecular Hbond substituents is 2. The van der Waals surface area contributed by atoms with Crippen LogP contribution in [0.15, 0.2) is 42.5 Å². The molecule has 1 heterocycles. The van der Waals surface area contributed by atoms with E-state index < -0.39 is 0 Å². The van der Waals surface area contributed by atoms with E-state index in [2.05, 4.69) is 10.2 Å². The minimum absolute atomic E-state index is 0.101. The third-order valence-corrected chi connectivity index (χ3v) is 4.13. The number of nitrogens with one attached hydrogen (secondary N) is 1. The molecule has 0 unspecified atom stereocenters. The Morgan fingerprint density at radius 3 is 2.29 bits per heavy atom. The van der Waals surface area contributed by atoms with Crippen molar-refractivity contribution < 1.29 is 15.0 Å². The molecule has 0 aliphatic carbocycles. The van der Waals surface area contributed by atoms with Crippen molar-refractivity contribution in [3.8, 4) is 11.5 Å². The predicted octanol–water partition coefficient (Wildman–Crippen LogP) is 3.11. The standard InChI is InChI=1S/C17H18ClN3O3/c18-12-2-1-3-14(8-12)20-4-6-21(7-5-20)17(24)19-13-9-15(22)11-16(23)10-13/h1-3,8-11,22-23H,4-7H2,(H,19,24). The van der Waals surface area contributed by atoms with Gasteiger partial charge in [0, 0.05) is 60.8 Å². The van der Waals surface area contributed by atoms with E-state index in [9.17, 15) is 15.0 Å². The van der Waals surface area contributed by atoms with Crippen LogP contribution in [-0.2, 0) is 0 Å². The molecule has 6 nitrogen and oxygen atoms in total. The van der Waals surface area contributed by atoms with Crippen molar-refractivity contribution in [3.05, 3.63) is 47.5 Å². The fourth-order valence-corrected chi connectivity index (χ4v) is 2.89. The molecule has 3 N–H and O–H groups in total. The maximum absolute atomic E-state index is 12.3. The molecular formula is C17H18ClN3O3. The van der Waals surface area contributed by atoms with Gasteiger partial charge in [0.05, 0.1) is 0 Å². The van der Waals surface area contributed by atoms with Crippen LogP contribution in [0.1, 0.15) is 0 Å². The molecule has 2 aromatic rings. The molecule has 1 aliphatic rings. The van der Waals surface area contributed by atoms with Gasteiger partial charge >= 0.3 is 6.03 Å². The molecular weight excluding hydrogens is 330 g/mol. The number of aromatic hydroxyl groups is 2. The Labute approximate surface area is 144 Å². The fourth-order valence-electron chi connectivity index (χ4n) is 2.71. The van der Waals surface area contributed by atoms with Crippen LogP contribution >= 0.6 is 11.6 Å². The van der Waals surface area contributed by atoms with Gasteiger partial charge < -0.3 is 25.3 Å². The summed E-state index contributed by atoms with van der Waals surface area (Å²) in [4.78, 5) is 16.2. The van der Waals surface area contributed by atoms with E-state index in [1.54, 1.807) is 4.90 Å². The number of rotatable bonds is 2. The number of carbonyl (C=O) groups is 1. The van der Waals surface area contributed by atoms with Crippen molar-refractivity contribution in [2.45, 2.75) is 0 Å². The summed E-state index contributed by atoms with van der Waals surface area (Å²) in [6, 6.07) is 11.4. The maximum atomic E-state index is 12.3. The van der Waals surface area contributed by atoms with Crippen LogP contribution in [0.5, 0.6) is 11.5 Å². The molecule has 0 saturated carbocycles. The summed E-state index contributed by atoms with van der Waals surface area (Å²) in [6.45, 7) is 2.56. The van der Waals surface area contributed by atoms with Gasteiger partial charge in [-0.05, 0) is 18.2 Å². The number of nitrogens with zero attached hydrogens (tertiary/aromatic N) is 2. The Balaban J connectivity index is 1.59. The van der Waals surface area contributed by atoms with Gasteiger partial charge in [-0.1, -0.05) is 17.7 Å². The number of piperazine rings is 1. The minimum Gasteiger partial charge on any atom is -0.508 e.